The standard InChI is InChI=1S/C5H10O7P2/c1-5(2)3-4-11-14(9,10)12-13(6,7)8/h3-4H,1H2,2H3,(H,9,10)(H2,6,7,8)/b4-3+. The first-order chi connectivity index (χ1) is 6.12. The van der Waals surface area contributed by atoms with Crippen LogP contribution in [0.4, 0.5) is 0 Å². The van der Waals surface area contributed by atoms with Gasteiger partial charge in [-0.25, -0.2) is 9.13 Å². The SMILES string of the molecule is C=C(C)/C=C/OP(=O)(O)OP(=O)(O)O. The molecule has 1 unspecified atom stereocenters. The average Bonchev–Trinajstić information content (AvgIpc) is 1.78. The van der Waals surface area contributed by atoms with Gasteiger partial charge in [-0.05, 0) is 13.0 Å². The van der Waals surface area contributed by atoms with E-state index >= 15 is 0 Å². The van der Waals surface area contributed by atoms with E-state index in [2.05, 4.69) is 15.4 Å². The summed E-state index contributed by atoms with van der Waals surface area (Å²) in [7, 11) is -9.81. The molecule has 0 aliphatic rings. The fourth-order valence-electron chi connectivity index (χ4n) is 0.377. The normalized spacial score (nSPS) is 16.6. The summed E-state index contributed by atoms with van der Waals surface area (Å²) >= 11 is 0. The first-order valence-electron chi connectivity index (χ1n) is 3.22. The number of allylic oxidation sites excluding steroid dienone is 2. The number of hydrogen-bond donors (Lipinski definition) is 3. The maximum Gasteiger partial charge on any atom is 0.535 e. The van der Waals surface area contributed by atoms with E-state index in [4.69, 9.17) is 14.7 Å². The zero-order valence-electron chi connectivity index (χ0n) is 7.23. The molecule has 0 saturated heterocycles. The molecule has 0 aromatic carbocycles. The third kappa shape index (κ3) is 8.19. The van der Waals surface area contributed by atoms with Crippen molar-refractivity contribution < 1.29 is 32.6 Å². The van der Waals surface area contributed by atoms with E-state index in [-0.39, 0.29) is 0 Å². The van der Waals surface area contributed by atoms with Gasteiger partial charge in [0.2, 0.25) is 0 Å². The third-order valence-corrected chi connectivity index (χ3v) is 2.82. The van der Waals surface area contributed by atoms with E-state index in [0.717, 1.165) is 6.26 Å². The van der Waals surface area contributed by atoms with Gasteiger partial charge in [0.15, 0.2) is 0 Å². The minimum Gasteiger partial charge on any atom is -0.412 e. The highest BCUT2D eigenvalue weighted by atomic mass is 31.3. The van der Waals surface area contributed by atoms with E-state index in [1.807, 2.05) is 0 Å². The molecule has 3 N–H and O–H groups in total. The van der Waals surface area contributed by atoms with Crippen molar-refractivity contribution in [3.05, 3.63) is 24.5 Å². The first-order valence-corrected chi connectivity index (χ1v) is 6.25. The van der Waals surface area contributed by atoms with Crippen molar-refractivity contribution in [2.24, 2.45) is 0 Å². The van der Waals surface area contributed by atoms with Crippen LogP contribution in [0, 0.1) is 0 Å². The van der Waals surface area contributed by atoms with Crippen LogP contribution in [0.25, 0.3) is 0 Å². The van der Waals surface area contributed by atoms with Crippen molar-refractivity contribution in [1.29, 1.82) is 0 Å². The molecule has 0 rings (SSSR count). The van der Waals surface area contributed by atoms with Crippen LogP contribution >= 0.6 is 15.6 Å². The molecule has 0 saturated carbocycles. The Morgan fingerprint density at radius 1 is 1.36 bits per heavy atom. The first kappa shape index (κ1) is 13.6. The van der Waals surface area contributed by atoms with Crippen LogP contribution in [0.1, 0.15) is 6.92 Å². The van der Waals surface area contributed by atoms with E-state index in [1.165, 1.54) is 6.08 Å². The molecule has 0 amide bonds. The lowest BCUT2D eigenvalue weighted by molar-refractivity contribution is 0.217. The summed E-state index contributed by atoms with van der Waals surface area (Å²) in [6, 6.07) is 0. The number of rotatable bonds is 5. The lowest BCUT2D eigenvalue weighted by atomic mass is 10.4. The summed E-state index contributed by atoms with van der Waals surface area (Å²) in [5.41, 5.74) is 0.529. The molecule has 82 valence electrons. The second kappa shape index (κ2) is 4.89. The molecule has 0 fully saturated rings. The van der Waals surface area contributed by atoms with Crippen LogP contribution in [0.3, 0.4) is 0 Å². The molecule has 0 radical (unpaired) electrons. The van der Waals surface area contributed by atoms with Crippen LogP contribution in [0.15, 0.2) is 24.5 Å². The molecular weight excluding hydrogens is 234 g/mol. The topological polar surface area (TPSA) is 113 Å². The van der Waals surface area contributed by atoms with Gasteiger partial charge in [-0.15, -0.1) is 0 Å². The fourth-order valence-corrected chi connectivity index (χ4v) is 1.82. The maximum atomic E-state index is 10.7. The Labute approximate surface area is 80.5 Å². The highest BCUT2D eigenvalue weighted by molar-refractivity contribution is 7.60. The molecule has 0 aliphatic heterocycles. The average molecular weight is 244 g/mol. The van der Waals surface area contributed by atoms with Crippen LogP contribution in [0.2, 0.25) is 0 Å². The quantitative estimate of drug-likeness (QED) is 0.379. The summed E-state index contributed by atoms with van der Waals surface area (Å²) < 4.78 is 28.5. The van der Waals surface area contributed by atoms with Gasteiger partial charge in [0.25, 0.3) is 0 Å². The number of phosphoric acid groups is 2. The molecule has 14 heavy (non-hydrogen) atoms. The minimum atomic E-state index is -5.05. The van der Waals surface area contributed by atoms with Gasteiger partial charge in [0.05, 0.1) is 6.26 Å². The fraction of sp³-hybridized carbons (Fsp3) is 0.200. The van der Waals surface area contributed by atoms with Gasteiger partial charge >= 0.3 is 15.6 Å². The van der Waals surface area contributed by atoms with Gasteiger partial charge in [-0.1, -0.05) is 12.2 Å². The largest absolute Gasteiger partial charge is 0.535 e. The zero-order valence-corrected chi connectivity index (χ0v) is 9.02. The second-order valence-corrected chi connectivity index (χ2v) is 5.08. The monoisotopic (exact) mass is 244 g/mol. The lowest BCUT2D eigenvalue weighted by Crippen LogP contribution is -1.88. The predicted molar refractivity (Wildman–Crippen MR) is 48.0 cm³/mol. The summed E-state index contributed by atoms with van der Waals surface area (Å²) in [6.45, 7) is 5.01. The van der Waals surface area contributed by atoms with Crippen molar-refractivity contribution in [2.45, 2.75) is 6.92 Å². The molecular formula is C5H10O7P2. The van der Waals surface area contributed by atoms with Gasteiger partial charge in [0.1, 0.15) is 0 Å². The highest BCUT2D eigenvalue weighted by Crippen LogP contribution is 2.57. The molecule has 9 heteroatoms. The molecule has 7 nitrogen and oxygen atoms in total. The number of hydrogen-bond acceptors (Lipinski definition) is 4. The van der Waals surface area contributed by atoms with Crippen molar-refractivity contribution >= 4 is 15.6 Å². The minimum absolute atomic E-state index is 0.529. The van der Waals surface area contributed by atoms with Crippen LogP contribution in [-0.2, 0) is 18.0 Å². The second-order valence-electron chi connectivity index (χ2n) is 2.30. The van der Waals surface area contributed by atoms with E-state index in [1.54, 1.807) is 6.92 Å². The van der Waals surface area contributed by atoms with Crippen LogP contribution < -0.4 is 0 Å². The molecule has 0 bridgehead atoms. The Bertz CT molecular complexity index is 327. The molecule has 0 aromatic rings. The molecule has 0 spiro atoms. The summed E-state index contributed by atoms with van der Waals surface area (Å²) in [5, 5.41) is 0. The lowest BCUT2D eigenvalue weighted by Gasteiger charge is -2.09. The van der Waals surface area contributed by atoms with Crippen molar-refractivity contribution in [3.8, 4) is 0 Å². The Hall–Kier alpha value is -0.420. The van der Waals surface area contributed by atoms with Gasteiger partial charge in [-0.2, -0.15) is 4.31 Å². The summed E-state index contributed by atoms with van der Waals surface area (Å²) in [4.78, 5) is 25.1. The Balaban J connectivity index is 4.30. The van der Waals surface area contributed by atoms with Crippen LogP contribution in [0.5, 0.6) is 0 Å². The van der Waals surface area contributed by atoms with Crippen molar-refractivity contribution in [1.82, 2.24) is 0 Å². The molecule has 1 atom stereocenters. The van der Waals surface area contributed by atoms with E-state index < -0.39 is 15.6 Å². The molecule has 0 heterocycles. The highest BCUT2D eigenvalue weighted by Gasteiger charge is 2.32. The van der Waals surface area contributed by atoms with E-state index in [0.29, 0.717) is 5.57 Å². The van der Waals surface area contributed by atoms with Crippen molar-refractivity contribution in [3.63, 3.8) is 0 Å². The Morgan fingerprint density at radius 2 is 1.86 bits per heavy atom. The predicted octanol–water partition coefficient (Wildman–Crippen LogP) is 1.30. The van der Waals surface area contributed by atoms with Gasteiger partial charge in [0, 0.05) is 0 Å². The molecule has 0 aromatic heterocycles. The summed E-state index contributed by atoms with van der Waals surface area (Å²) in [5.74, 6) is 0. The van der Waals surface area contributed by atoms with Gasteiger partial charge < -0.3 is 14.3 Å². The maximum absolute atomic E-state index is 10.7. The third-order valence-electron chi connectivity index (χ3n) is 0.756. The Morgan fingerprint density at radius 3 is 2.21 bits per heavy atom. The molecule has 0 aliphatic carbocycles. The summed E-state index contributed by atoms with van der Waals surface area (Å²) in [6.07, 6.45) is 1.99. The van der Waals surface area contributed by atoms with Gasteiger partial charge in [-0.3, -0.25) is 4.89 Å². The van der Waals surface area contributed by atoms with E-state index in [9.17, 15) is 9.13 Å². The zero-order chi connectivity index (χ0) is 11.4. The van der Waals surface area contributed by atoms with Crippen molar-refractivity contribution in [2.75, 3.05) is 0 Å². The smallest absolute Gasteiger partial charge is 0.412 e. The Kier molecular flexibility index (Phi) is 4.74. The van der Waals surface area contributed by atoms with Crippen LogP contribution in [-0.4, -0.2) is 14.7 Å². The number of phosphoric ester groups is 1.